The maximum atomic E-state index is 9.16. The fourth-order valence-electron chi connectivity index (χ4n) is 3.30. The molecule has 1 saturated heterocycles. The van der Waals surface area contributed by atoms with Crippen LogP contribution in [0, 0.1) is 11.3 Å². The Bertz CT molecular complexity index is 897. The van der Waals surface area contributed by atoms with Gasteiger partial charge in [-0.1, -0.05) is 0 Å². The van der Waals surface area contributed by atoms with Crippen molar-refractivity contribution in [3.63, 3.8) is 0 Å². The molecular weight excluding hydrogens is 441 g/mol. The summed E-state index contributed by atoms with van der Waals surface area (Å²) in [6.45, 7) is 15.8. The molecule has 2 aromatic carbocycles. The van der Waals surface area contributed by atoms with Crippen molar-refractivity contribution in [2.24, 2.45) is 0 Å². The van der Waals surface area contributed by atoms with E-state index in [0.717, 1.165) is 5.56 Å². The van der Waals surface area contributed by atoms with Crippen LogP contribution in [0.1, 0.15) is 51.8 Å². The minimum atomic E-state index is -2.06. The SMILES string of the molecule is CC1(C)O[C@@H](c2ccc(C#N)cc2)[C@]1(O[Si](C)(C)C(C)(C)C)[Se]c1ccccc1. The maximum absolute atomic E-state index is 9.16. The molecule has 3 nitrogen and oxygen atoms in total. The minimum absolute atomic E-state index is 0.0596. The first-order valence-electron chi connectivity index (χ1n) is 10.0. The molecule has 0 bridgehead atoms. The van der Waals surface area contributed by atoms with Crippen LogP contribution in [0.4, 0.5) is 0 Å². The molecule has 1 fully saturated rings. The van der Waals surface area contributed by atoms with Gasteiger partial charge in [0.05, 0.1) is 0 Å². The molecule has 2 atom stereocenters. The fourth-order valence-corrected chi connectivity index (χ4v) is 8.91. The summed E-state index contributed by atoms with van der Waals surface area (Å²) in [6.07, 6.45) is -0.139. The van der Waals surface area contributed by atoms with Crippen LogP contribution in [-0.4, -0.2) is 33.4 Å². The normalized spacial score (nSPS) is 23.9. The molecule has 1 aliphatic rings. The second-order valence-corrected chi connectivity index (χ2v) is 17.1. The van der Waals surface area contributed by atoms with Crippen molar-refractivity contribution >= 4 is 27.7 Å². The number of hydrogen-bond acceptors (Lipinski definition) is 3. The van der Waals surface area contributed by atoms with Crippen LogP contribution >= 0.6 is 0 Å². The van der Waals surface area contributed by atoms with E-state index >= 15 is 0 Å². The Balaban J connectivity index is 2.08. The third-order valence-corrected chi connectivity index (χ3v) is 14.3. The number of ether oxygens (including phenoxy) is 1. The van der Waals surface area contributed by atoms with Crippen molar-refractivity contribution < 1.29 is 9.16 Å². The van der Waals surface area contributed by atoms with Crippen molar-refractivity contribution in [1.29, 1.82) is 5.26 Å². The van der Waals surface area contributed by atoms with Crippen molar-refractivity contribution in [1.82, 2.24) is 0 Å². The van der Waals surface area contributed by atoms with Gasteiger partial charge in [0, 0.05) is 0 Å². The standard InChI is InChI=1S/C24H31NO2SeSi/c1-22(2,3)29(6,7)27-24(28-20-11-9-8-10-12-20)21(26-23(24,4)5)19-15-13-18(17-25)14-16-19/h8-16,21H,1-7H3/t21-,24-/m0/s1. The van der Waals surface area contributed by atoms with Gasteiger partial charge in [-0.25, -0.2) is 0 Å². The molecule has 29 heavy (non-hydrogen) atoms. The summed E-state index contributed by atoms with van der Waals surface area (Å²) in [5.74, 6) is 0. The average molecular weight is 473 g/mol. The first-order chi connectivity index (χ1) is 13.4. The Kier molecular flexibility index (Phi) is 5.90. The average Bonchev–Trinajstić information content (AvgIpc) is 2.65. The summed E-state index contributed by atoms with van der Waals surface area (Å²) in [5.41, 5.74) is 1.35. The van der Waals surface area contributed by atoms with Gasteiger partial charge < -0.3 is 0 Å². The molecule has 1 aliphatic heterocycles. The van der Waals surface area contributed by atoms with Crippen molar-refractivity contribution in [2.45, 2.75) is 69.0 Å². The second-order valence-electron chi connectivity index (χ2n) is 9.69. The van der Waals surface area contributed by atoms with E-state index in [0.29, 0.717) is 5.56 Å². The number of hydrogen-bond donors (Lipinski definition) is 0. The predicted octanol–water partition coefficient (Wildman–Crippen LogP) is 5.16. The van der Waals surface area contributed by atoms with Crippen LogP contribution < -0.4 is 4.46 Å². The van der Waals surface area contributed by atoms with E-state index in [2.05, 4.69) is 84.1 Å². The molecule has 0 spiro atoms. The van der Waals surface area contributed by atoms with Crippen molar-refractivity contribution in [2.75, 3.05) is 0 Å². The van der Waals surface area contributed by atoms with E-state index < -0.39 is 18.4 Å². The molecule has 0 aliphatic carbocycles. The van der Waals surface area contributed by atoms with Crippen LogP contribution in [0.2, 0.25) is 18.1 Å². The Hall–Kier alpha value is -1.41. The summed E-state index contributed by atoms with van der Waals surface area (Å²) in [7, 11) is -2.06. The molecule has 0 unspecified atom stereocenters. The van der Waals surface area contributed by atoms with Gasteiger partial charge in [-0.2, -0.15) is 0 Å². The fraction of sp³-hybridized carbons (Fsp3) is 0.458. The Morgan fingerprint density at radius 3 is 2.10 bits per heavy atom. The van der Waals surface area contributed by atoms with E-state index in [4.69, 9.17) is 14.4 Å². The zero-order valence-corrected chi connectivity index (χ0v) is 21.2. The van der Waals surface area contributed by atoms with Crippen LogP contribution in [-0.2, 0) is 9.16 Å². The van der Waals surface area contributed by atoms with Gasteiger partial charge in [0.25, 0.3) is 0 Å². The zero-order chi connectivity index (χ0) is 21.5. The number of nitrogens with zero attached hydrogens (tertiary/aromatic N) is 1. The summed E-state index contributed by atoms with van der Waals surface area (Å²) in [6, 6.07) is 20.6. The monoisotopic (exact) mass is 473 g/mol. The summed E-state index contributed by atoms with van der Waals surface area (Å²) < 4.78 is 14.6. The summed E-state index contributed by atoms with van der Waals surface area (Å²) in [5, 5.41) is 9.27. The van der Waals surface area contributed by atoms with Gasteiger partial charge in [0.15, 0.2) is 0 Å². The molecule has 0 aromatic heterocycles. The third-order valence-electron chi connectivity index (χ3n) is 6.17. The van der Waals surface area contributed by atoms with Gasteiger partial charge >= 0.3 is 183 Å². The molecule has 154 valence electrons. The Morgan fingerprint density at radius 2 is 1.62 bits per heavy atom. The molecule has 3 rings (SSSR count). The predicted molar refractivity (Wildman–Crippen MR) is 122 cm³/mol. The summed E-state index contributed by atoms with van der Waals surface area (Å²) in [4.78, 5) is 0. The van der Waals surface area contributed by atoms with Gasteiger partial charge in [-0.05, 0) is 0 Å². The first-order valence-corrected chi connectivity index (χ1v) is 14.7. The van der Waals surface area contributed by atoms with Gasteiger partial charge in [0.2, 0.25) is 0 Å². The van der Waals surface area contributed by atoms with Crippen LogP contribution in [0.3, 0.4) is 0 Å². The first kappa shape index (κ1) is 22.3. The van der Waals surface area contributed by atoms with Gasteiger partial charge in [-0.15, -0.1) is 0 Å². The molecule has 0 radical (unpaired) electrons. The molecule has 2 aromatic rings. The summed E-state index contributed by atoms with van der Waals surface area (Å²) >= 11 is 0.0596. The van der Waals surface area contributed by atoms with E-state index in [1.807, 2.05) is 24.3 Å². The Morgan fingerprint density at radius 1 is 1.03 bits per heavy atom. The van der Waals surface area contributed by atoms with Crippen molar-refractivity contribution in [3.8, 4) is 6.07 Å². The molecule has 0 N–H and O–H groups in total. The quantitative estimate of drug-likeness (QED) is 0.565. The van der Waals surface area contributed by atoms with E-state index in [1.54, 1.807) is 0 Å². The number of nitriles is 1. The molecule has 5 heteroatoms. The van der Waals surface area contributed by atoms with E-state index in [9.17, 15) is 0 Å². The molecule has 0 amide bonds. The second kappa shape index (κ2) is 7.69. The van der Waals surface area contributed by atoms with Crippen LogP contribution in [0.25, 0.3) is 0 Å². The Labute approximate surface area is 182 Å². The third kappa shape index (κ3) is 4.10. The number of rotatable bonds is 5. The van der Waals surface area contributed by atoms with Gasteiger partial charge in [0.1, 0.15) is 0 Å². The topological polar surface area (TPSA) is 42.2 Å². The van der Waals surface area contributed by atoms with Crippen LogP contribution in [0.15, 0.2) is 54.6 Å². The number of benzene rings is 2. The molecular formula is C24H31NO2SeSi. The van der Waals surface area contributed by atoms with Crippen LogP contribution in [0.5, 0.6) is 0 Å². The van der Waals surface area contributed by atoms with Crippen molar-refractivity contribution in [3.05, 3.63) is 65.7 Å². The van der Waals surface area contributed by atoms with E-state index in [1.165, 1.54) is 4.46 Å². The van der Waals surface area contributed by atoms with Gasteiger partial charge in [-0.3, -0.25) is 0 Å². The van der Waals surface area contributed by atoms with E-state index in [-0.39, 0.29) is 26.1 Å². The molecule has 1 heterocycles. The zero-order valence-electron chi connectivity index (χ0n) is 18.4. The molecule has 0 saturated carbocycles.